The minimum Gasteiger partial charge on any atom is -0.493 e. The number of hydrogen-bond acceptors (Lipinski definition) is 5. The summed E-state index contributed by atoms with van der Waals surface area (Å²) in [5.74, 6) is -1.05. The summed E-state index contributed by atoms with van der Waals surface area (Å²) in [6.07, 6.45) is 2.23. The molecule has 0 aliphatic rings. The molecule has 0 fully saturated rings. The number of ether oxygens (including phenoxy) is 2. The van der Waals surface area contributed by atoms with Crippen molar-refractivity contribution in [3.63, 3.8) is 0 Å². The van der Waals surface area contributed by atoms with E-state index < -0.39 is 11.8 Å². The van der Waals surface area contributed by atoms with Crippen molar-refractivity contribution in [2.24, 2.45) is 5.10 Å². The maximum absolute atomic E-state index is 11.5. The lowest BCUT2D eigenvalue weighted by Gasteiger charge is -2.08. The van der Waals surface area contributed by atoms with Gasteiger partial charge in [0.1, 0.15) is 5.75 Å². The number of carbonyl (C=O) groups is 2. The zero-order chi connectivity index (χ0) is 17.1. The third-order valence-electron chi connectivity index (χ3n) is 2.60. The van der Waals surface area contributed by atoms with Gasteiger partial charge < -0.3 is 14.8 Å². The maximum atomic E-state index is 11.5. The topological polar surface area (TPSA) is 89.0 Å². The molecule has 0 aliphatic heterocycles. The molecule has 126 valence electrons. The van der Waals surface area contributed by atoms with Gasteiger partial charge in [-0.3, -0.25) is 9.59 Å². The van der Waals surface area contributed by atoms with Crippen molar-refractivity contribution in [1.29, 1.82) is 0 Å². The fourth-order valence-corrected chi connectivity index (χ4v) is 1.70. The fraction of sp³-hybridized carbons (Fsp3) is 0.400. The summed E-state index contributed by atoms with van der Waals surface area (Å²) in [6.45, 7) is 3.11. The number of benzene rings is 1. The van der Waals surface area contributed by atoms with E-state index in [1.165, 1.54) is 13.3 Å². The van der Waals surface area contributed by atoms with E-state index in [9.17, 15) is 9.59 Å². The number of carbonyl (C=O) groups excluding carboxylic acids is 2. The Morgan fingerprint density at radius 2 is 2.09 bits per heavy atom. The Morgan fingerprint density at radius 3 is 2.78 bits per heavy atom. The van der Waals surface area contributed by atoms with Gasteiger partial charge in [0, 0.05) is 24.2 Å². The van der Waals surface area contributed by atoms with Crippen molar-refractivity contribution >= 4 is 29.6 Å². The Bertz CT molecular complexity index is 564. The molecule has 0 aliphatic carbocycles. The summed E-state index contributed by atoms with van der Waals surface area (Å²) in [6, 6.07) is 5.07. The molecule has 23 heavy (non-hydrogen) atoms. The van der Waals surface area contributed by atoms with E-state index in [0.29, 0.717) is 29.5 Å². The number of methoxy groups -OCH3 is 1. The van der Waals surface area contributed by atoms with Crippen LogP contribution in [0.25, 0.3) is 0 Å². The molecule has 0 saturated heterocycles. The predicted molar refractivity (Wildman–Crippen MR) is 87.9 cm³/mol. The van der Waals surface area contributed by atoms with E-state index in [0.717, 1.165) is 6.42 Å². The Hall–Kier alpha value is -2.12. The third-order valence-corrected chi connectivity index (χ3v) is 2.84. The smallest absolute Gasteiger partial charge is 0.329 e. The Balaban J connectivity index is 2.61. The number of hydrogen-bond donors (Lipinski definition) is 2. The SMILES string of the molecule is CCCOc1ccc(Cl)cc1/C=N\NC(=O)C(=O)NCCOC. The standard InChI is InChI=1S/C15H20ClN3O4/c1-3-7-23-13-5-4-12(16)9-11(13)10-18-19-15(21)14(20)17-6-8-22-2/h4-5,9-10H,3,6-8H2,1-2H3,(H,17,20)(H,19,21)/b18-10-. The Kier molecular flexibility index (Phi) is 8.71. The predicted octanol–water partition coefficient (Wildman–Crippen LogP) is 1.34. The van der Waals surface area contributed by atoms with Gasteiger partial charge >= 0.3 is 11.8 Å². The first kappa shape index (κ1) is 18.9. The largest absolute Gasteiger partial charge is 0.493 e. The summed E-state index contributed by atoms with van der Waals surface area (Å²) >= 11 is 5.93. The first-order chi connectivity index (χ1) is 11.1. The van der Waals surface area contributed by atoms with Crippen LogP contribution in [-0.4, -0.2) is 44.9 Å². The highest BCUT2D eigenvalue weighted by molar-refractivity contribution is 6.35. The molecule has 0 unspecified atom stereocenters. The summed E-state index contributed by atoms with van der Waals surface area (Å²) in [7, 11) is 1.50. The van der Waals surface area contributed by atoms with Crippen molar-refractivity contribution in [2.75, 3.05) is 26.9 Å². The van der Waals surface area contributed by atoms with Gasteiger partial charge in [0.15, 0.2) is 0 Å². The molecular weight excluding hydrogens is 322 g/mol. The van der Waals surface area contributed by atoms with Crippen LogP contribution in [0.1, 0.15) is 18.9 Å². The van der Waals surface area contributed by atoms with Crippen LogP contribution in [0.5, 0.6) is 5.75 Å². The van der Waals surface area contributed by atoms with Crippen LogP contribution >= 0.6 is 11.6 Å². The zero-order valence-electron chi connectivity index (χ0n) is 13.1. The summed E-state index contributed by atoms with van der Waals surface area (Å²) in [4.78, 5) is 22.9. The van der Waals surface area contributed by atoms with E-state index >= 15 is 0 Å². The van der Waals surface area contributed by atoms with Crippen LogP contribution < -0.4 is 15.5 Å². The van der Waals surface area contributed by atoms with Crippen LogP contribution in [0, 0.1) is 0 Å². The molecule has 0 spiro atoms. The number of hydrazone groups is 1. The lowest BCUT2D eigenvalue weighted by atomic mass is 10.2. The molecule has 8 heteroatoms. The van der Waals surface area contributed by atoms with Gasteiger partial charge in [-0.2, -0.15) is 5.10 Å². The molecule has 2 amide bonds. The van der Waals surface area contributed by atoms with Crippen molar-refractivity contribution < 1.29 is 19.1 Å². The van der Waals surface area contributed by atoms with Crippen LogP contribution in [0.15, 0.2) is 23.3 Å². The Morgan fingerprint density at radius 1 is 1.30 bits per heavy atom. The van der Waals surface area contributed by atoms with E-state index in [1.54, 1.807) is 18.2 Å². The monoisotopic (exact) mass is 341 g/mol. The van der Waals surface area contributed by atoms with E-state index in [1.807, 2.05) is 6.92 Å². The first-order valence-electron chi connectivity index (χ1n) is 7.11. The zero-order valence-corrected chi connectivity index (χ0v) is 13.9. The van der Waals surface area contributed by atoms with E-state index in [4.69, 9.17) is 21.1 Å². The highest BCUT2D eigenvalue weighted by Crippen LogP contribution is 2.21. The van der Waals surface area contributed by atoms with Gasteiger partial charge in [0.05, 0.1) is 19.4 Å². The molecular formula is C15H20ClN3O4. The van der Waals surface area contributed by atoms with E-state index in [2.05, 4.69) is 15.8 Å². The molecule has 0 radical (unpaired) electrons. The third kappa shape index (κ3) is 7.12. The quantitative estimate of drug-likeness (QED) is 0.323. The van der Waals surface area contributed by atoms with Gasteiger partial charge in [-0.15, -0.1) is 0 Å². The second-order valence-electron chi connectivity index (χ2n) is 4.48. The number of amides is 2. The van der Waals surface area contributed by atoms with Crippen LogP contribution in [-0.2, 0) is 14.3 Å². The lowest BCUT2D eigenvalue weighted by Crippen LogP contribution is -2.39. The highest BCUT2D eigenvalue weighted by atomic mass is 35.5. The molecule has 1 aromatic carbocycles. The van der Waals surface area contributed by atoms with Crippen molar-refractivity contribution in [2.45, 2.75) is 13.3 Å². The Labute approximate surface area is 140 Å². The minimum atomic E-state index is -0.865. The van der Waals surface area contributed by atoms with Crippen LogP contribution in [0.3, 0.4) is 0 Å². The molecule has 0 saturated carbocycles. The molecule has 7 nitrogen and oxygen atoms in total. The second-order valence-corrected chi connectivity index (χ2v) is 4.91. The van der Waals surface area contributed by atoms with E-state index in [-0.39, 0.29) is 6.54 Å². The van der Waals surface area contributed by atoms with Gasteiger partial charge in [-0.1, -0.05) is 18.5 Å². The van der Waals surface area contributed by atoms with Crippen LogP contribution in [0.2, 0.25) is 5.02 Å². The minimum absolute atomic E-state index is 0.246. The van der Waals surface area contributed by atoms with Crippen LogP contribution in [0.4, 0.5) is 0 Å². The van der Waals surface area contributed by atoms with Crippen molar-refractivity contribution in [3.05, 3.63) is 28.8 Å². The molecule has 0 heterocycles. The van der Waals surface area contributed by atoms with Crippen molar-refractivity contribution in [1.82, 2.24) is 10.7 Å². The number of nitrogens with one attached hydrogen (secondary N) is 2. The van der Waals surface area contributed by atoms with Gasteiger partial charge in [0.25, 0.3) is 0 Å². The second kappa shape index (κ2) is 10.6. The molecule has 1 rings (SSSR count). The molecule has 0 bridgehead atoms. The molecule has 0 aromatic heterocycles. The molecule has 1 aromatic rings. The maximum Gasteiger partial charge on any atom is 0.329 e. The molecule has 2 N–H and O–H groups in total. The normalized spacial score (nSPS) is 10.6. The summed E-state index contributed by atoms with van der Waals surface area (Å²) in [5.41, 5.74) is 2.74. The fourth-order valence-electron chi connectivity index (χ4n) is 1.52. The summed E-state index contributed by atoms with van der Waals surface area (Å²) in [5, 5.41) is 6.64. The summed E-state index contributed by atoms with van der Waals surface area (Å²) < 4.78 is 10.3. The average molecular weight is 342 g/mol. The average Bonchev–Trinajstić information content (AvgIpc) is 2.54. The lowest BCUT2D eigenvalue weighted by molar-refractivity contribution is -0.139. The number of nitrogens with zero attached hydrogens (tertiary/aromatic N) is 1. The highest BCUT2D eigenvalue weighted by Gasteiger charge is 2.11. The van der Waals surface area contributed by atoms with Gasteiger partial charge in [-0.05, 0) is 24.6 Å². The first-order valence-corrected chi connectivity index (χ1v) is 7.48. The number of halogens is 1. The number of rotatable bonds is 8. The van der Waals surface area contributed by atoms with Gasteiger partial charge in [-0.25, -0.2) is 5.43 Å². The van der Waals surface area contributed by atoms with Gasteiger partial charge in [0.2, 0.25) is 0 Å². The van der Waals surface area contributed by atoms with Crippen molar-refractivity contribution in [3.8, 4) is 5.75 Å². The molecule has 0 atom stereocenters.